The number of alkyl halides is 4. The summed E-state index contributed by atoms with van der Waals surface area (Å²) in [4.78, 5) is 0. The monoisotopic (exact) mass is 366 g/mol. The molecule has 0 heterocycles. The van der Waals surface area contributed by atoms with Gasteiger partial charge in [0.25, 0.3) is 0 Å². The zero-order chi connectivity index (χ0) is 18.9. The Morgan fingerprint density at radius 3 is 2.23 bits per heavy atom. The minimum atomic E-state index is -4.57. The molecule has 0 amide bonds. The van der Waals surface area contributed by atoms with Gasteiger partial charge in [-0.1, -0.05) is 50.1 Å². The molecule has 0 saturated carbocycles. The van der Waals surface area contributed by atoms with Crippen LogP contribution in [0.3, 0.4) is 0 Å². The number of hydrogen-bond donors (Lipinski definition) is 0. The molecule has 0 radical (unpaired) electrons. The van der Waals surface area contributed by atoms with Crippen LogP contribution in [0.25, 0.3) is 17.2 Å². The summed E-state index contributed by atoms with van der Waals surface area (Å²) in [6.07, 6.45) is 5.29. The molecule has 2 aromatic rings. The van der Waals surface area contributed by atoms with E-state index in [1.165, 1.54) is 6.07 Å². The number of unbranched alkanes of at least 4 members (excludes halogenated alkanes) is 2. The topological polar surface area (TPSA) is 0 Å². The molecule has 0 atom stereocenters. The van der Waals surface area contributed by atoms with Crippen molar-refractivity contribution in [3.63, 3.8) is 0 Å². The lowest BCUT2D eigenvalue weighted by atomic mass is 9.88. The number of aryl methyl sites for hydroxylation is 1. The van der Waals surface area contributed by atoms with E-state index < -0.39 is 23.2 Å². The maximum absolute atomic E-state index is 14.3. The highest BCUT2D eigenvalue weighted by Gasteiger charge is 2.59. The van der Waals surface area contributed by atoms with Crippen molar-refractivity contribution in [2.24, 2.45) is 0 Å². The number of halogens is 5. The van der Waals surface area contributed by atoms with Gasteiger partial charge in [0.1, 0.15) is 5.82 Å². The summed E-state index contributed by atoms with van der Waals surface area (Å²) in [5.74, 6) is -10.3. The molecule has 0 saturated heterocycles. The van der Waals surface area contributed by atoms with E-state index in [4.69, 9.17) is 0 Å². The van der Waals surface area contributed by atoms with Gasteiger partial charge in [-0.25, -0.2) is 4.39 Å². The van der Waals surface area contributed by atoms with Crippen LogP contribution in [0.15, 0.2) is 42.5 Å². The molecule has 0 unspecified atom stereocenters. The van der Waals surface area contributed by atoms with Crippen molar-refractivity contribution in [1.29, 1.82) is 0 Å². The smallest absolute Gasteiger partial charge is 0.206 e. The lowest BCUT2D eigenvalue weighted by Gasteiger charge is -2.29. The molecule has 0 nitrogen and oxygen atoms in total. The third-order valence-corrected chi connectivity index (χ3v) is 4.68. The second-order valence-electron chi connectivity index (χ2n) is 6.61. The van der Waals surface area contributed by atoms with Crippen molar-refractivity contribution in [3.05, 3.63) is 65.0 Å². The average Bonchev–Trinajstić information content (AvgIpc) is 2.59. The minimum Gasteiger partial charge on any atom is -0.206 e. The third-order valence-electron chi connectivity index (χ3n) is 4.68. The van der Waals surface area contributed by atoms with Crippen LogP contribution < -0.4 is 0 Å². The first-order chi connectivity index (χ1) is 12.3. The largest absolute Gasteiger partial charge is 0.342 e. The van der Waals surface area contributed by atoms with E-state index in [9.17, 15) is 22.0 Å². The number of fused-ring (bicyclic) bond motifs is 1. The summed E-state index contributed by atoms with van der Waals surface area (Å²) in [5.41, 5.74) is 0.714. The first-order valence-electron chi connectivity index (χ1n) is 8.64. The van der Waals surface area contributed by atoms with Crippen molar-refractivity contribution in [2.75, 3.05) is 0 Å². The molecule has 2 aromatic carbocycles. The molecule has 0 aromatic heterocycles. The van der Waals surface area contributed by atoms with Crippen molar-refractivity contribution in [1.82, 2.24) is 0 Å². The van der Waals surface area contributed by atoms with Crippen molar-refractivity contribution in [2.45, 2.75) is 44.5 Å². The fraction of sp³-hybridized carbons (Fsp3) is 0.333. The van der Waals surface area contributed by atoms with Crippen LogP contribution in [0.4, 0.5) is 22.0 Å². The minimum absolute atomic E-state index is 0.134. The molecule has 1 aliphatic carbocycles. The summed E-state index contributed by atoms with van der Waals surface area (Å²) in [6, 6.07) is 9.64. The van der Waals surface area contributed by atoms with Gasteiger partial charge in [-0.15, -0.1) is 0 Å². The summed E-state index contributed by atoms with van der Waals surface area (Å²) >= 11 is 0. The Hall–Kier alpha value is -2.17. The number of hydrogen-bond acceptors (Lipinski definition) is 0. The van der Waals surface area contributed by atoms with E-state index in [0.717, 1.165) is 43.4 Å². The lowest BCUT2D eigenvalue weighted by molar-refractivity contribution is -0.189. The van der Waals surface area contributed by atoms with Crippen molar-refractivity contribution in [3.8, 4) is 11.1 Å². The summed E-state index contributed by atoms with van der Waals surface area (Å²) in [7, 11) is 0. The zero-order valence-electron chi connectivity index (χ0n) is 14.3. The van der Waals surface area contributed by atoms with Gasteiger partial charge in [0.05, 0.1) is 5.56 Å². The number of benzene rings is 2. The molecular weight excluding hydrogens is 347 g/mol. The Balaban J connectivity index is 1.93. The molecule has 138 valence electrons. The SMILES string of the molecule is CCCCCc1ccc(-c2cc(F)c3c(c2)C=CC(F)(F)C3(F)F)cc1. The van der Waals surface area contributed by atoms with Gasteiger partial charge in [-0.3, -0.25) is 0 Å². The molecule has 26 heavy (non-hydrogen) atoms. The van der Waals surface area contributed by atoms with Crippen LogP contribution in [0, 0.1) is 5.82 Å². The molecule has 0 spiro atoms. The normalized spacial score (nSPS) is 17.2. The summed E-state index contributed by atoms with van der Waals surface area (Å²) in [6.45, 7) is 2.13. The third kappa shape index (κ3) is 3.27. The Kier molecular flexibility index (Phi) is 4.91. The van der Waals surface area contributed by atoms with Crippen LogP contribution >= 0.6 is 0 Å². The Labute approximate surface area is 149 Å². The Morgan fingerprint density at radius 1 is 0.885 bits per heavy atom. The second-order valence-corrected chi connectivity index (χ2v) is 6.61. The molecule has 0 bridgehead atoms. The Morgan fingerprint density at radius 2 is 1.58 bits per heavy atom. The molecule has 1 aliphatic rings. The Bertz CT molecular complexity index is 819. The lowest BCUT2D eigenvalue weighted by Crippen LogP contribution is -2.39. The van der Waals surface area contributed by atoms with Crippen molar-refractivity contribution < 1.29 is 22.0 Å². The molecular formula is C21H19F5. The van der Waals surface area contributed by atoms with E-state index in [1.54, 1.807) is 12.1 Å². The zero-order valence-corrected chi connectivity index (χ0v) is 14.3. The predicted molar refractivity (Wildman–Crippen MR) is 92.9 cm³/mol. The standard InChI is InChI=1S/C21H19F5/c1-2-3-4-5-14-6-8-15(9-7-14)17-12-16-10-11-20(23,24)21(25,26)19(16)18(22)13-17/h6-13H,2-5H2,1H3. The summed E-state index contributed by atoms with van der Waals surface area (Å²) < 4.78 is 69.0. The maximum Gasteiger partial charge on any atom is 0.342 e. The molecule has 0 N–H and O–H groups in total. The van der Waals surface area contributed by atoms with E-state index in [0.29, 0.717) is 11.1 Å². The van der Waals surface area contributed by atoms with Crippen LogP contribution in [-0.4, -0.2) is 5.92 Å². The highest BCUT2D eigenvalue weighted by Crippen LogP contribution is 2.50. The van der Waals surface area contributed by atoms with E-state index >= 15 is 0 Å². The van der Waals surface area contributed by atoms with Crippen molar-refractivity contribution >= 4 is 6.08 Å². The molecule has 0 fully saturated rings. The van der Waals surface area contributed by atoms with Crippen LogP contribution in [0.1, 0.15) is 42.9 Å². The average molecular weight is 366 g/mol. The van der Waals surface area contributed by atoms with Gasteiger partial charge in [0.15, 0.2) is 0 Å². The van der Waals surface area contributed by atoms with Gasteiger partial charge in [0, 0.05) is 0 Å². The fourth-order valence-corrected chi connectivity index (χ4v) is 3.17. The van der Waals surface area contributed by atoms with E-state index in [2.05, 4.69) is 6.92 Å². The summed E-state index contributed by atoms with van der Waals surface area (Å²) in [5, 5.41) is 0. The van der Waals surface area contributed by atoms with Crippen LogP contribution in [0.2, 0.25) is 0 Å². The van der Waals surface area contributed by atoms with Gasteiger partial charge >= 0.3 is 11.8 Å². The number of allylic oxidation sites excluding steroid dienone is 1. The molecule has 0 aliphatic heterocycles. The second kappa shape index (κ2) is 6.86. The molecule has 3 rings (SSSR count). The van der Waals surface area contributed by atoms with Crippen LogP contribution in [0.5, 0.6) is 0 Å². The van der Waals surface area contributed by atoms with Gasteiger partial charge < -0.3 is 0 Å². The predicted octanol–water partition coefficient (Wildman–Crippen LogP) is 6.98. The van der Waals surface area contributed by atoms with E-state index in [1.807, 2.05) is 12.1 Å². The van der Waals surface area contributed by atoms with Crippen LogP contribution in [-0.2, 0) is 12.3 Å². The first-order valence-corrected chi connectivity index (χ1v) is 8.64. The highest BCUT2D eigenvalue weighted by molar-refractivity contribution is 5.71. The highest BCUT2D eigenvalue weighted by atomic mass is 19.3. The van der Waals surface area contributed by atoms with Gasteiger partial charge in [-0.05, 0) is 53.3 Å². The maximum atomic E-state index is 14.3. The quantitative estimate of drug-likeness (QED) is 0.396. The first kappa shape index (κ1) is 18.6. The van der Waals surface area contributed by atoms with E-state index in [-0.39, 0.29) is 11.6 Å². The number of rotatable bonds is 5. The van der Waals surface area contributed by atoms with Gasteiger partial charge in [0.2, 0.25) is 0 Å². The molecule has 5 heteroatoms. The fourth-order valence-electron chi connectivity index (χ4n) is 3.17. The van der Waals surface area contributed by atoms with Gasteiger partial charge in [-0.2, -0.15) is 17.6 Å².